The van der Waals surface area contributed by atoms with Crippen LogP contribution >= 0.6 is 0 Å². The Bertz CT molecular complexity index is 208. The molecule has 0 heterocycles. The predicted molar refractivity (Wildman–Crippen MR) is 53.9 cm³/mol. The minimum Gasteiger partial charge on any atom is -0.381 e. The number of aliphatic hydroxyl groups is 1. The van der Waals surface area contributed by atoms with Crippen molar-refractivity contribution in [3.8, 4) is 0 Å². The van der Waals surface area contributed by atoms with Gasteiger partial charge in [-0.1, -0.05) is 6.92 Å². The second kappa shape index (κ2) is 8.19. The van der Waals surface area contributed by atoms with E-state index in [1.807, 2.05) is 6.92 Å². The maximum atomic E-state index is 11.1. The van der Waals surface area contributed by atoms with Crippen LogP contribution < -0.4 is 11.1 Å². The first-order valence-electron chi connectivity index (χ1n) is 4.89. The van der Waals surface area contributed by atoms with Crippen LogP contribution in [0.5, 0.6) is 0 Å². The van der Waals surface area contributed by atoms with Gasteiger partial charge in [0.15, 0.2) is 0 Å². The molecule has 88 valence electrons. The van der Waals surface area contributed by atoms with E-state index in [1.54, 1.807) is 0 Å². The number of hydrogen-bond donors (Lipinski definition) is 3. The van der Waals surface area contributed by atoms with Crippen molar-refractivity contribution in [1.82, 2.24) is 5.32 Å². The van der Waals surface area contributed by atoms with Gasteiger partial charge in [-0.15, -0.1) is 0 Å². The second-order valence-electron chi connectivity index (χ2n) is 3.08. The van der Waals surface area contributed by atoms with Crippen molar-refractivity contribution in [1.29, 1.82) is 0 Å². The summed E-state index contributed by atoms with van der Waals surface area (Å²) in [4.78, 5) is 21.5. The van der Waals surface area contributed by atoms with E-state index in [0.29, 0.717) is 13.2 Å². The van der Waals surface area contributed by atoms with E-state index in [-0.39, 0.29) is 18.9 Å². The third-order valence-electron chi connectivity index (χ3n) is 1.64. The summed E-state index contributed by atoms with van der Waals surface area (Å²) in [6, 6.07) is 0. The van der Waals surface area contributed by atoms with E-state index in [9.17, 15) is 9.59 Å². The van der Waals surface area contributed by atoms with Crippen molar-refractivity contribution in [2.24, 2.45) is 5.73 Å². The van der Waals surface area contributed by atoms with Gasteiger partial charge in [0, 0.05) is 13.0 Å². The summed E-state index contributed by atoms with van der Waals surface area (Å²) in [6.45, 7) is 2.79. The van der Waals surface area contributed by atoms with Crippen molar-refractivity contribution in [3.05, 3.63) is 0 Å². The predicted octanol–water partition coefficient (Wildman–Crippen LogP) is -1.23. The largest absolute Gasteiger partial charge is 0.381 e. The molecule has 0 bridgehead atoms. The van der Waals surface area contributed by atoms with Gasteiger partial charge in [0.25, 0.3) is 0 Å². The van der Waals surface area contributed by atoms with Crippen LogP contribution in [0.15, 0.2) is 0 Å². The van der Waals surface area contributed by atoms with E-state index < -0.39 is 12.0 Å². The van der Waals surface area contributed by atoms with Crippen molar-refractivity contribution < 1.29 is 19.4 Å². The molecule has 0 saturated carbocycles. The fourth-order valence-corrected chi connectivity index (χ4v) is 0.811. The molecule has 1 unspecified atom stereocenters. The van der Waals surface area contributed by atoms with Gasteiger partial charge in [0.1, 0.15) is 6.10 Å². The molecule has 1 atom stereocenters. The Balaban J connectivity index is 3.45. The monoisotopic (exact) mass is 218 g/mol. The number of aliphatic hydroxyl groups excluding tert-OH is 1. The molecular formula is C9H18N2O4. The third-order valence-corrected chi connectivity index (χ3v) is 1.64. The highest BCUT2D eigenvalue weighted by Gasteiger charge is 2.11. The Morgan fingerprint density at radius 3 is 2.67 bits per heavy atom. The Morgan fingerprint density at radius 2 is 2.13 bits per heavy atom. The Labute approximate surface area is 88.8 Å². The molecule has 0 aliphatic heterocycles. The maximum absolute atomic E-state index is 11.1. The number of amides is 2. The summed E-state index contributed by atoms with van der Waals surface area (Å²) in [5, 5.41) is 11.3. The van der Waals surface area contributed by atoms with Crippen LogP contribution in [0.3, 0.4) is 0 Å². The SMILES string of the molecule is CCCOCCC(=O)NCC(O)C(N)=O. The lowest BCUT2D eigenvalue weighted by molar-refractivity contribution is -0.127. The molecule has 0 aromatic rings. The molecule has 0 radical (unpaired) electrons. The van der Waals surface area contributed by atoms with Gasteiger partial charge in [-0.05, 0) is 6.42 Å². The standard InChI is InChI=1S/C9H18N2O4/c1-2-4-15-5-3-8(13)11-6-7(12)9(10)14/h7,12H,2-6H2,1H3,(H2,10,14)(H,11,13). The molecule has 2 amide bonds. The summed E-state index contributed by atoms with van der Waals surface area (Å²) in [7, 11) is 0. The number of nitrogens with one attached hydrogen (secondary N) is 1. The average molecular weight is 218 g/mol. The molecule has 0 saturated heterocycles. The first kappa shape index (κ1) is 13.9. The van der Waals surface area contributed by atoms with Gasteiger partial charge in [-0.3, -0.25) is 9.59 Å². The van der Waals surface area contributed by atoms with Gasteiger partial charge < -0.3 is 20.9 Å². The average Bonchev–Trinajstić information content (AvgIpc) is 2.20. The summed E-state index contributed by atoms with van der Waals surface area (Å²) in [5.74, 6) is -1.12. The minimum atomic E-state index is -1.33. The molecule has 0 aliphatic carbocycles. The zero-order valence-electron chi connectivity index (χ0n) is 8.86. The number of carbonyl (C=O) groups excluding carboxylic acids is 2. The highest BCUT2D eigenvalue weighted by molar-refractivity contribution is 5.80. The quantitative estimate of drug-likeness (QED) is 0.444. The number of hydrogen-bond acceptors (Lipinski definition) is 4. The van der Waals surface area contributed by atoms with Crippen LogP contribution in [0, 0.1) is 0 Å². The van der Waals surface area contributed by atoms with Crippen molar-refractivity contribution in [2.75, 3.05) is 19.8 Å². The lowest BCUT2D eigenvalue weighted by Crippen LogP contribution is -2.40. The van der Waals surface area contributed by atoms with E-state index in [4.69, 9.17) is 15.6 Å². The highest BCUT2D eigenvalue weighted by Crippen LogP contribution is 1.86. The molecule has 0 aliphatic rings. The second-order valence-corrected chi connectivity index (χ2v) is 3.08. The molecule has 0 rings (SSSR count). The van der Waals surface area contributed by atoms with Gasteiger partial charge in [-0.2, -0.15) is 0 Å². The smallest absolute Gasteiger partial charge is 0.248 e. The number of carbonyl (C=O) groups is 2. The molecule has 0 spiro atoms. The number of rotatable bonds is 8. The molecule has 6 nitrogen and oxygen atoms in total. The molecule has 15 heavy (non-hydrogen) atoms. The minimum absolute atomic E-state index is 0.151. The van der Waals surface area contributed by atoms with Gasteiger partial charge >= 0.3 is 0 Å². The van der Waals surface area contributed by atoms with Crippen LogP contribution in [-0.2, 0) is 14.3 Å². The highest BCUT2D eigenvalue weighted by atomic mass is 16.5. The Morgan fingerprint density at radius 1 is 1.47 bits per heavy atom. The van der Waals surface area contributed by atoms with Crippen molar-refractivity contribution >= 4 is 11.8 Å². The van der Waals surface area contributed by atoms with Crippen LogP contribution in [-0.4, -0.2) is 42.8 Å². The van der Waals surface area contributed by atoms with E-state index in [1.165, 1.54) is 0 Å². The third kappa shape index (κ3) is 7.90. The normalized spacial score (nSPS) is 12.1. The summed E-state index contributed by atoms with van der Waals surface area (Å²) < 4.78 is 5.09. The molecule has 0 fully saturated rings. The lowest BCUT2D eigenvalue weighted by atomic mass is 10.3. The Hall–Kier alpha value is -1.14. The van der Waals surface area contributed by atoms with Crippen LogP contribution in [0.1, 0.15) is 19.8 Å². The fraction of sp³-hybridized carbons (Fsp3) is 0.778. The van der Waals surface area contributed by atoms with Crippen LogP contribution in [0.4, 0.5) is 0 Å². The summed E-state index contributed by atoms with van der Waals surface area (Å²) in [5.41, 5.74) is 4.80. The molecule has 6 heteroatoms. The molecule has 0 aromatic heterocycles. The Kier molecular flexibility index (Phi) is 7.57. The lowest BCUT2D eigenvalue weighted by Gasteiger charge is -2.08. The van der Waals surface area contributed by atoms with Gasteiger partial charge in [0.05, 0.1) is 13.2 Å². The van der Waals surface area contributed by atoms with Crippen LogP contribution in [0.2, 0.25) is 0 Å². The summed E-state index contributed by atoms with van der Waals surface area (Å²) >= 11 is 0. The van der Waals surface area contributed by atoms with Gasteiger partial charge in [-0.25, -0.2) is 0 Å². The fourth-order valence-electron chi connectivity index (χ4n) is 0.811. The summed E-state index contributed by atoms with van der Waals surface area (Å²) in [6.07, 6.45) is -0.210. The zero-order chi connectivity index (χ0) is 11.7. The first-order chi connectivity index (χ1) is 7.07. The van der Waals surface area contributed by atoms with Crippen molar-refractivity contribution in [2.45, 2.75) is 25.9 Å². The first-order valence-corrected chi connectivity index (χ1v) is 4.89. The number of primary amides is 1. The topological polar surface area (TPSA) is 102 Å². The number of nitrogens with two attached hydrogens (primary N) is 1. The van der Waals surface area contributed by atoms with Crippen LogP contribution in [0.25, 0.3) is 0 Å². The van der Waals surface area contributed by atoms with Gasteiger partial charge in [0.2, 0.25) is 11.8 Å². The zero-order valence-corrected chi connectivity index (χ0v) is 8.86. The molecule has 4 N–H and O–H groups in total. The maximum Gasteiger partial charge on any atom is 0.248 e. The number of ether oxygens (including phenoxy) is 1. The van der Waals surface area contributed by atoms with E-state index in [2.05, 4.69) is 5.32 Å². The van der Waals surface area contributed by atoms with E-state index in [0.717, 1.165) is 6.42 Å². The molecule has 0 aromatic carbocycles. The van der Waals surface area contributed by atoms with Crippen molar-refractivity contribution in [3.63, 3.8) is 0 Å². The van der Waals surface area contributed by atoms with E-state index >= 15 is 0 Å². The molecular weight excluding hydrogens is 200 g/mol.